The molecule has 0 spiro atoms. The van der Waals surface area contributed by atoms with Gasteiger partial charge in [-0.2, -0.15) is 0 Å². The van der Waals surface area contributed by atoms with Crippen molar-refractivity contribution < 1.29 is 4.79 Å². The Morgan fingerprint density at radius 2 is 1.67 bits per heavy atom. The third-order valence-corrected chi connectivity index (χ3v) is 4.81. The molecule has 0 bridgehead atoms. The Labute approximate surface area is 144 Å². The number of carbonyl (C=O) groups excluding carboxylic acids is 1. The molecule has 3 rings (SSSR count). The summed E-state index contributed by atoms with van der Waals surface area (Å²) in [4.78, 5) is 14.7. The highest BCUT2D eigenvalue weighted by molar-refractivity contribution is 5.92. The second-order valence-corrected chi connectivity index (χ2v) is 6.74. The number of aryl methyl sites for hydroxylation is 2. The van der Waals surface area contributed by atoms with Gasteiger partial charge in [0.1, 0.15) is 0 Å². The number of hydrogen-bond donors (Lipinski definition) is 1. The number of nitrogens with one attached hydrogen (secondary N) is 1. The SMILES string of the molecule is Cc1ccc(CC(=O)Nc2ccc(N3CCCCC3)cc2)cc1C. The minimum atomic E-state index is 0.0315. The first kappa shape index (κ1) is 16.6. The van der Waals surface area contributed by atoms with E-state index in [0.29, 0.717) is 6.42 Å². The monoisotopic (exact) mass is 322 g/mol. The summed E-state index contributed by atoms with van der Waals surface area (Å²) in [5.74, 6) is 0.0315. The van der Waals surface area contributed by atoms with Crippen LogP contribution in [0.25, 0.3) is 0 Å². The summed E-state index contributed by atoms with van der Waals surface area (Å²) in [6.07, 6.45) is 4.29. The summed E-state index contributed by atoms with van der Waals surface area (Å²) in [5.41, 5.74) is 5.66. The largest absolute Gasteiger partial charge is 0.372 e. The zero-order chi connectivity index (χ0) is 16.9. The standard InChI is InChI=1S/C21H26N2O/c1-16-6-7-18(14-17(16)2)15-21(24)22-19-8-10-20(11-9-19)23-12-4-3-5-13-23/h6-11,14H,3-5,12-13,15H2,1-2H3,(H,22,24). The minimum absolute atomic E-state index is 0.0315. The summed E-state index contributed by atoms with van der Waals surface area (Å²) in [6, 6.07) is 14.4. The zero-order valence-electron chi connectivity index (χ0n) is 14.6. The Bertz CT molecular complexity index is 700. The molecule has 1 heterocycles. The van der Waals surface area contributed by atoms with Crippen molar-refractivity contribution in [1.29, 1.82) is 0 Å². The maximum atomic E-state index is 12.2. The third-order valence-electron chi connectivity index (χ3n) is 4.81. The van der Waals surface area contributed by atoms with Crippen LogP contribution in [0.3, 0.4) is 0 Å². The topological polar surface area (TPSA) is 32.3 Å². The predicted octanol–water partition coefficient (Wildman–Crippen LogP) is 4.47. The number of carbonyl (C=O) groups is 1. The van der Waals surface area contributed by atoms with Crippen molar-refractivity contribution in [3.05, 3.63) is 59.2 Å². The van der Waals surface area contributed by atoms with Gasteiger partial charge in [0.15, 0.2) is 0 Å². The lowest BCUT2D eigenvalue weighted by molar-refractivity contribution is -0.115. The van der Waals surface area contributed by atoms with Crippen molar-refractivity contribution in [3.8, 4) is 0 Å². The number of nitrogens with zero attached hydrogens (tertiary/aromatic N) is 1. The lowest BCUT2D eigenvalue weighted by Gasteiger charge is -2.28. The van der Waals surface area contributed by atoms with E-state index in [1.54, 1.807) is 0 Å². The van der Waals surface area contributed by atoms with Crippen molar-refractivity contribution in [2.75, 3.05) is 23.3 Å². The smallest absolute Gasteiger partial charge is 0.228 e. The van der Waals surface area contributed by atoms with E-state index in [1.165, 1.54) is 36.1 Å². The van der Waals surface area contributed by atoms with Crippen molar-refractivity contribution in [2.24, 2.45) is 0 Å². The Kier molecular flexibility index (Phi) is 5.19. The summed E-state index contributed by atoms with van der Waals surface area (Å²) >= 11 is 0. The summed E-state index contributed by atoms with van der Waals surface area (Å²) in [5, 5.41) is 3.00. The number of anilines is 2. The first-order chi connectivity index (χ1) is 11.6. The van der Waals surface area contributed by atoms with E-state index >= 15 is 0 Å². The predicted molar refractivity (Wildman–Crippen MR) is 101 cm³/mol. The molecule has 1 amide bonds. The van der Waals surface area contributed by atoms with E-state index < -0.39 is 0 Å². The van der Waals surface area contributed by atoms with E-state index in [-0.39, 0.29) is 5.91 Å². The molecule has 0 radical (unpaired) electrons. The molecule has 0 aromatic heterocycles. The highest BCUT2D eigenvalue weighted by Crippen LogP contribution is 2.22. The average molecular weight is 322 g/mol. The fourth-order valence-electron chi connectivity index (χ4n) is 3.21. The van der Waals surface area contributed by atoms with Crippen LogP contribution in [0.4, 0.5) is 11.4 Å². The summed E-state index contributed by atoms with van der Waals surface area (Å²) in [7, 11) is 0. The molecule has 0 aliphatic carbocycles. The average Bonchev–Trinajstić information content (AvgIpc) is 2.59. The van der Waals surface area contributed by atoms with Gasteiger partial charge >= 0.3 is 0 Å². The van der Waals surface area contributed by atoms with E-state index in [2.05, 4.69) is 48.3 Å². The second kappa shape index (κ2) is 7.52. The van der Waals surface area contributed by atoms with E-state index in [0.717, 1.165) is 24.3 Å². The van der Waals surface area contributed by atoms with Gasteiger partial charge in [0.25, 0.3) is 0 Å². The van der Waals surface area contributed by atoms with E-state index in [1.807, 2.05) is 18.2 Å². The van der Waals surface area contributed by atoms with Crippen LogP contribution in [0.15, 0.2) is 42.5 Å². The van der Waals surface area contributed by atoms with Gasteiger partial charge < -0.3 is 10.2 Å². The highest BCUT2D eigenvalue weighted by Gasteiger charge is 2.11. The van der Waals surface area contributed by atoms with Crippen LogP contribution in [0.1, 0.15) is 36.0 Å². The first-order valence-corrected chi connectivity index (χ1v) is 8.83. The van der Waals surface area contributed by atoms with Crippen LogP contribution in [-0.4, -0.2) is 19.0 Å². The highest BCUT2D eigenvalue weighted by atomic mass is 16.1. The number of piperidine rings is 1. The van der Waals surface area contributed by atoms with Gasteiger partial charge in [0, 0.05) is 24.5 Å². The molecule has 3 heteroatoms. The normalized spacial score (nSPS) is 14.5. The van der Waals surface area contributed by atoms with Crippen molar-refractivity contribution in [1.82, 2.24) is 0 Å². The molecule has 3 nitrogen and oxygen atoms in total. The molecule has 0 atom stereocenters. The van der Waals surface area contributed by atoms with Gasteiger partial charge in [-0.25, -0.2) is 0 Å². The third kappa shape index (κ3) is 4.16. The van der Waals surface area contributed by atoms with Gasteiger partial charge in [-0.05, 0) is 74.1 Å². The van der Waals surface area contributed by atoms with Crippen molar-refractivity contribution >= 4 is 17.3 Å². The molecule has 0 unspecified atom stereocenters. The lowest BCUT2D eigenvalue weighted by atomic mass is 10.0. The molecule has 1 fully saturated rings. The lowest BCUT2D eigenvalue weighted by Crippen LogP contribution is -2.29. The van der Waals surface area contributed by atoms with Crippen LogP contribution in [-0.2, 0) is 11.2 Å². The molecule has 1 saturated heterocycles. The maximum Gasteiger partial charge on any atom is 0.228 e. The number of amides is 1. The van der Waals surface area contributed by atoms with Crippen molar-refractivity contribution in [2.45, 2.75) is 39.5 Å². The van der Waals surface area contributed by atoms with Crippen LogP contribution < -0.4 is 10.2 Å². The number of hydrogen-bond acceptors (Lipinski definition) is 2. The summed E-state index contributed by atoms with van der Waals surface area (Å²) in [6.45, 7) is 6.44. The molecule has 1 aliphatic rings. The summed E-state index contributed by atoms with van der Waals surface area (Å²) < 4.78 is 0. The van der Waals surface area contributed by atoms with Gasteiger partial charge in [-0.3, -0.25) is 4.79 Å². The molecular formula is C21H26N2O. The van der Waals surface area contributed by atoms with Crippen LogP contribution in [0.5, 0.6) is 0 Å². The fraction of sp³-hybridized carbons (Fsp3) is 0.381. The Balaban J connectivity index is 1.58. The Morgan fingerprint density at radius 1 is 0.958 bits per heavy atom. The van der Waals surface area contributed by atoms with Crippen LogP contribution in [0, 0.1) is 13.8 Å². The molecule has 126 valence electrons. The van der Waals surface area contributed by atoms with Crippen molar-refractivity contribution in [3.63, 3.8) is 0 Å². The Hall–Kier alpha value is -2.29. The first-order valence-electron chi connectivity index (χ1n) is 8.83. The number of benzene rings is 2. The van der Waals surface area contributed by atoms with Crippen LogP contribution in [0.2, 0.25) is 0 Å². The van der Waals surface area contributed by atoms with Crippen LogP contribution >= 0.6 is 0 Å². The molecule has 2 aromatic rings. The van der Waals surface area contributed by atoms with E-state index in [4.69, 9.17) is 0 Å². The molecule has 1 N–H and O–H groups in total. The zero-order valence-corrected chi connectivity index (χ0v) is 14.6. The second-order valence-electron chi connectivity index (χ2n) is 6.74. The molecule has 0 saturated carbocycles. The molecular weight excluding hydrogens is 296 g/mol. The fourth-order valence-corrected chi connectivity index (χ4v) is 3.21. The minimum Gasteiger partial charge on any atom is -0.372 e. The van der Waals surface area contributed by atoms with Gasteiger partial charge in [-0.15, -0.1) is 0 Å². The Morgan fingerprint density at radius 3 is 2.33 bits per heavy atom. The van der Waals surface area contributed by atoms with Gasteiger partial charge in [0.05, 0.1) is 6.42 Å². The van der Waals surface area contributed by atoms with E-state index in [9.17, 15) is 4.79 Å². The molecule has 1 aliphatic heterocycles. The quantitative estimate of drug-likeness (QED) is 0.900. The molecule has 24 heavy (non-hydrogen) atoms. The van der Waals surface area contributed by atoms with Gasteiger partial charge in [-0.1, -0.05) is 18.2 Å². The maximum absolute atomic E-state index is 12.2. The van der Waals surface area contributed by atoms with Gasteiger partial charge in [0.2, 0.25) is 5.91 Å². The number of rotatable bonds is 4. The molecule has 2 aromatic carbocycles.